The SMILES string of the molecule is CCOC(OCC)c1ccc(C=NN=C(N)SCc2ccccc2)cc1. The van der Waals surface area contributed by atoms with Gasteiger partial charge in [-0.15, -0.1) is 5.10 Å². The van der Waals surface area contributed by atoms with Gasteiger partial charge in [0.15, 0.2) is 11.5 Å². The normalized spacial score (nSPS) is 12.2. The average Bonchev–Trinajstić information content (AvgIpc) is 2.68. The van der Waals surface area contributed by atoms with E-state index in [1.165, 1.54) is 17.3 Å². The van der Waals surface area contributed by atoms with Crippen molar-refractivity contribution in [2.45, 2.75) is 25.9 Å². The second-order valence-corrected chi connectivity index (χ2v) is 6.36. The number of amidine groups is 1. The quantitative estimate of drug-likeness (QED) is 0.308. The summed E-state index contributed by atoms with van der Waals surface area (Å²) in [5.41, 5.74) is 9.00. The first-order valence-corrected chi connectivity index (χ1v) is 9.57. The Morgan fingerprint density at radius 1 is 1.04 bits per heavy atom. The number of benzene rings is 2. The van der Waals surface area contributed by atoms with Crippen LogP contribution in [0.2, 0.25) is 0 Å². The minimum Gasteiger partial charge on any atom is -0.377 e. The summed E-state index contributed by atoms with van der Waals surface area (Å²) in [4.78, 5) is 0. The van der Waals surface area contributed by atoms with E-state index >= 15 is 0 Å². The Bertz CT molecular complexity index is 697. The number of thioether (sulfide) groups is 1. The van der Waals surface area contributed by atoms with Crippen LogP contribution in [0.15, 0.2) is 64.8 Å². The molecule has 2 aromatic carbocycles. The number of rotatable bonds is 9. The van der Waals surface area contributed by atoms with E-state index in [2.05, 4.69) is 22.3 Å². The van der Waals surface area contributed by atoms with E-state index in [0.717, 1.165) is 16.9 Å². The molecule has 0 amide bonds. The molecule has 0 saturated carbocycles. The Kier molecular flexibility index (Phi) is 8.89. The summed E-state index contributed by atoms with van der Waals surface area (Å²) in [6.45, 7) is 5.10. The number of hydrogen-bond acceptors (Lipinski definition) is 5. The van der Waals surface area contributed by atoms with Gasteiger partial charge in [0, 0.05) is 24.5 Å². The fraction of sp³-hybridized carbons (Fsp3) is 0.300. The Morgan fingerprint density at radius 2 is 1.69 bits per heavy atom. The highest BCUT2D eigenvalue weighted by molar-refractivity contribution is 8.13. The zero-order valence-electron chi connectivity index (χ0n) is 15.2. The molecule has 0 aliphatic carbocycles. The third-order valence-corrected chi connectivity index (χ3v) is 4.29. The topological polar surface area (TPSA) is 69.2 Å². The van der Waals surface area contributed by atoms with Crippen molar-refractivity contribution >= 4 is 23.1 Å². The van der Waals surface area contributed by atoms with Crippen LogP contribution in [0.5, 0.6) is 0 Å². The maximum absolute atomic E-state index is 5.88. The summed E-state index contributed by atoms with van der Waals surface area (Å²) in [5.74, 6) is 0.774. The average molecular weight is 372 g/mol. The molecule has 0 fully saturated rings. The van der Waals surface area contributed by atoms with Gasteiger partial charge in [0.25, 0.3) is 0 Å². The molecule has 26 heavy (non-hydrogen) atoms. The second-order valence-electron chi connectivity index (χ2n) is 5.37. The predicted octanol–water partition coefficient (Wildman–Crippen LogP) is 4.34. The highest BCUT2D eigenvalue weighted by Gasteiger charge is 2.10. The van der Waals surface area contributed by atoms with E-state index in [9.17, 15) is 0 Å². The molecule has 0 aliphatic rings. The summed E-state index contributed by atoms with van der Waals surface area (Å²) >= 11 is 1.46. The van der Waals surface area contributed by atoms with Crippen molar-refractivity contribution in [3.63, 3.8) is 0 Å². The van der Waals surface area contributed by atoms with Crippen molar-refractivity contribution in [3.8, 4) is 0 Å². The van der Waals surface area contributed by atoms with Crippen molar-refractivity contribution in [1.29, 1.82) is 0 Å². The smallest absolute Gasteiger partial charge is 0.183 e. The summed E-state index contributed by atoms with van der Waals surface area (Å²) in [5, 5.41) is 8.52. The van der Waals surface area contributed by atoms with Crippen LogP contribution in [-0.4, -0.2) is 24.6 Å². The lowest BCUT2D eigenvalue weighted by molar-refractivity contribution is -0.140. The Hall–Kier alpha value is -2.15. The minimum absolute atomic E-state index is 0.334. The first-order valence-electron chi connectivity index (χ1n) is 8.59. The first kappa shape index (κ1) is 20.2. The fourth-order valence-electron chi connectivity index (χ4n) is 2.20. The van der Waals surface area contributed by atoms with Crippen LogP contribution in [0, 0.1) is 0 Å². The van der Waals surface area contributed by atoms with Crippen molar-refractivity contribution in [3.05, 3.63) is 71.3 Å². The van der Waals surface area contributed by atoms with Crippen LogP contribution < -0.4 is 5.73 Å². The van der Waals surface area contributed by atoms with Gasteiger partial charge >= 0.3 is 0 Å². The summed E-state index contributed by atoms with van der Waals surface area (Å²) < 4.78 is 11.2. The molecule has 0 atom stereocenters. The van der Waals surface area contributed by atoms with Gasteiger partial charge in [-0.05, 0) is 25.0 Å². The molecule has 0 spiro atoms. The highest BCUT2D eigenvalue weighted by atomic mass is 32.2. The number of ether oxygens (including phenoxy) is 2. The lowest BCUT2D eigenvalue weighted by Gasteiger charge is -2.17. The molecule has 0 unspecified atom stereocenters. The molecular weight excluding hydrogens is 346 g/mol. The molecule has 0 saturated heterocycles. The molecule has 2 rings (SSSR count). The molecule has 0 radical (unpaired) electrons. The van der Waals surface area contributed by atoms with E-state index in [1.54, 1.807) is 6.21 Å². The van der Waals surface area contributed by atoms with Crippen molar-refractivity contribution in [2.75, 3.05) is 13.2 Å². The van der Waals surface area contributed by atoms with Gasteiger partial charge in [-0.3, -0.25) is 0 Å². The molecule has 5 nitrogen and oxygen atoms in total. The van der Waals surface area contributed by atoms with Crippen LogP contribution >= 0.6 is 11.8 Å². The summed E-state index contributed by atoms with van der Waals surface area (Å²) in [7, 11) is 0. The fourth-order valence-corrected chi connectivity index (χ4v) is 2.81. The Balaban J connectivity index is 1.88. The zero-order valence-corrected chi connectivity index (χ0v) is 16.0. The monoisotopic (exact) mass is 371 g/mol. The Morgan fingerprint density at radius 3 is 2.31 bits per heavy atom. The Labute approximate surface area is 159 Å². The van der Waals surface area contributed by atoms with Gasteiger partial charge in [-0.1, -0.05) is 66.4 Å². The van der Waals surface area contributed by atoms with Gasteiger partial charge in [0.1, 0.15) is 0 Å². The molecule has 0 aromatic heterocycles. The molecular formula is C20H25N3O2S. The first-order chi connectivity index (χ1) is 12.7. The van der Waals surface area contributed by atoms with E-state index in [1.807, 2.05) is 56.3 Å². The molecule has 6 heteroatoms. The largest absolute Gasteiger partial charge is 0.377 e. The third-order valence-electron chi connectivity index (χ3n) is 3.44. The maximum atomic E-state index is 5.88. The molecule has 0 bridgehead atoms. The molecule has 2 aromatic rings. The summed E-state index contributed by atoms with van der Waals surface area (Å²) in [6, 6.07) is 18.0. The lowest BCUT2D eigenvalue weighted by Crippen LogP contribution is -2.08. The number of nitrogens with two attached hydrogens (primary N) is 1. The van der Waals surface area contributed by atoms with Gasteiger partial charge in [-0.2, -0.15) is 5.10 Å². The molecule has 2 N–H and O–H groups in total. The zero-order chi connectivity index (χ0) is 18.6. The predicted molar refractivity (Wildman–Crippen MR) is 109 cm³/mol. The number of hydrogen-bond donors (Lipinski definition) is 1. The van der Waals surface area contributed by atoms with E-state index in [-0.39, 0.29) is 6.29 Å². The van der Waals surface area contributed by atoms with Crippen LogP contribution in [0.25, 0.3) is 0 Å². The van der Waals surface area contributed by atoms with Crippen LogP contribution in [-0.2, 0) is 15.2 Å². The van der Waals surface area contributed by atoms with E-state index in [0.29, 0.717) is 18.4 Å². The van der Waals surface area contributed by atoms with Gasteiger partial charge in [-0.25, -0.2) is 0 Å². The second kappa shape index (κ2) is 11.5. The van der Waals surface area contributed by atoms with E-state index < -0.39 is 0 Å². The van der Waals surface area contributed by atoms with E-state index in [4.69, 9.17) is 15.2 Å². The molecule has 138 valence electrons. The lowest BCUT2D eigenvalue weighted by atomic mass is 10.1. The van der Waals surface area contributed by atoms with Crippen molar-refractivity contribution in [2.24, 2.45) is 15.9 Å². The van der Waals surface area contributed by atoms with Crippen molar-refractivity contribution < 1.29 is 9.47 Å². The highest BCUT2D eigenvalue weighted by Crippen LogP contribution is 2.19. The standard InChI is InChI=1S/C20H25N3O2S/c1-3-24-19(25-4-2)18-12-10-16(11-13-18)14-22-23-20(21)26-15-17-8-6-5-7-9-17/h5-14,19H,3-4,15H2,1-2H3,(H2,21,23). The molecule has 0 heterocycles. The molecule has 0 aliphatic heterocycles. The maximum Gasteiger partial charge on any atom is 0.183 e. The minimum atomic E-state index is -0.334. The van der Waals surface area contributed by atoms with Crippen molar-refractivity contribution in [1.82, 2.24) is 0 Å². The van der Waals surface area contributed by atoms with Gasteiger partial charge in [0.2, 0.25) is 0 Å². The van der Waals surface area contributed by atoms with Crippen LogP contribution in [0.3, 0.4) is 0 Å². The number of nitrogens with zero attached hydrogens (tertiary/aromatic N) is 2. The van der Waals surface area contributed by atoms with Gasteiger partial charge in [0.05, 0.1) is 6.21 Å². The summed E-state index contributed by atoms with van der Waals surface area (Å²) in [6.07, 6.45) is 1.34. The third kappa shape index (κ3) is 7.00. The van der Waals surface area contributed by atoms with Crippen LogP contribution in [0.4, 0.5) is 0 Å². The van der Waals surface area contributed by atoms with Crippen LogP contribution in [0.1, 0.15) is 36.8 Å². The van der Waals surface area contributed by atoms with Gasteiger partial charge < -0.3 is 15.2 Å².